The van der Waals surface area contributed by atoms with Gasteiger partial charge < -0.3 is 15.6 Å². The molecule has 0 fully saturated rings. The van der Waals surface area contributed by atoms with Crippen molar-refractivity contribution in [1.29, 1.82) is 0 Å². The number of nitrogens with zero attached hydrogens (tertiary/aromatic N) is 1. The smallest absolute Gasteiger partial charge is 0.118 e. The third kappa shape index (κ3) is 5.16. The summed E-state index contributed by atoms with van der Waals surface area (Å²) in [5, 5.41) is 15.4. The summed E-state index contributed by atoms with van der Waals surface area (Å²) in [7, 11) is 1.66. The molecule has 0 aliphatic heterocycles. The Balaban J connectivity index is 0.00000272. The number of benzene rings is 4. The van der Waals surface area contributed by atoms with Crippen molar-refractivity contribution < 1.29 is 9.84 Å². The minimum Gasteiger partial charge on any atom is -0.497 e. The highest BCUT2D eigenvalue weighted by Crippen LogP contribution is 2.33. The summed E-state index contributed by atoms with van der Waals surface area (Å²) < 4.78 is 5.18. The van der Waals surface area contributed by atoms with Gasteiger partial charge in [-0.15, -0.1) is 12.4 Å². The number of hydrogen-bond donors (Lipinski definition) is 2. The van der Waals surface area contributed by atoms with Crippen LogP contribution in [-0.2, 0) is 6.42 Å². The fourth-order valence-corrected chi connectivity index (χ4v) is 3.85. The lowest BCUT2D eigenvalue weighted by atomic mass is 9.93. The molecule has 4 nitrogen and oxygen atoms in total. The van der Waals surface area contributed by atoms with E-state index in [1.807, 2.05) is 48.5 Å². The zero-order valence-corrected chi connectivity index (χ0v) is 18.3. The van der Waals surface area contributed by atoms with Crippen LogP contribution in [0, 0.1) is 0 Å². The van der Waals surface area contributed by atoms with Crippen molar-refractivity contribution in [3.63, 3.8) is 0 Å². The van der Waals surface area contributed by atoms with E-state index in [2.05, 4.69) is 35.3 Å². The quantitative estimate of drug-likeness (QED) is 0.231. The largest absolute Gasteiger partial charge is 0.497 e. The minimum absolute atomic E-state index is 0. The maximum Gasteiger partial charge on any atom is 0.118 e. The van der Waals surface area contributed by atoms with Crippen LogP contribution in [0.2, 0.25) is 0 Å². The van der Waals surface area contributed by atoms with Gasteiger partial charge in [0.1, 0.15) is 5.75 Å². The number of ether oxygens (including phenoxy) is 1. The SMILES string of the molecule is COc1ccc(CCN=C(N)CC(O)c2cc3ccccc3c3ccccc23)cc1.Cl. The number of halogens is 1. The lowest BCUT2D eigenvalue weighted by molar-refractivity contribution is 0.187. The molecule has 4 aromatic carbocycles. The molecule has 1 unspecified atom stereocenters. The Morgan fingerprint density at radius 2 is 1.58 bits per heavy atom. The number of fused-ring (bicyclic) bond motifs is 3. The van der Waals surface area contributed by atoms with Crippen molar-refractivity contribution in [2.24, 2.45) is 10.7 Å². The summed E-state index contributed by atoms with van der Waals surface area (Å²) in [5.74, 6) is 1.31. The number of rotatable bonds is 7. The molecule has 0 radical (unpaired) electrons. The molecule has 1 atom stereocenters. The molecule has 5 heteroatoms. The molecule has 31 heavy (non-hydrogen) atoms. The monoisotopic (exact) mass is 434 g/mol. The van der Waals surface area contributed by atoms with E-state index < -0.39 is 6.10 Å². The topological polar surface area (TPSA) is 67.8 Å². The number of aliphatic imine (C=N–C) groups is 1. The van der Waals surface area contributed by atoms with Crippen molar-refractivity contribution in [3.8, 4) is 5.75 Å². The van der Waals surface area contributed by atoms with E-state index in [9.17, 15) is 5.11 Å². The maximum absolute atomic E-state index is 10.9. The average molecular weight is 435 g/mol. The van der Waals surface area contributed by atoms with Crippen LogP contribution in [0.15, 0.2) is 83.9 Å². The van der Waals surface area contributed by atoms with E-state index >= 15 is 0 Å². The van der Waals surface area contributed by atoms with Gasteiger partial charge in [-0.3, -0.25) is 4.99 Å². The second kappa shape index (κ2) is 10.3. The number of nitrogens with two attached hydrogens (primary N) is 1. The summed E-state index contributed by atoms with van der Waals surface area (Å²) >= 11 is 0. The Morgan fingerprint density at radius 3 is 2.29 bits per heavy atom. The standard InChI is InChI=1S/C26H26N2O2.ClH/c1-30-20-12-10-18(11-13-20)14-15-28-26(27)17-25(29)24-16-19-6-2-3-7-21(19)22-8-4-5-9-23(22)24;/h2-13,16,25,29H,14-15,17H2,1H3,(H2,27,28);1H. The summed E-state index contributed by atoms with van der Waals surface area (Å²) in [6.45, 7) is 0.587. The second-order valence-electron chi connectivity index (χ2n) is 7.42. The van der Waals surface area contributed by atoms with Gasteiger partial charge in [0.25, 0.3) is 0 Å². The summed E-state index contributed by atoms with van der Waals surface area (Å²) in [6, 6.07) is 26.4. The van der Waals surface area contributed by atoms with Crippen molar-refractivity contribution in [2.75, 3.05) is 13.7 Å². The molecule has 4 rings (SSSR count). The van der Waals surface area contributed by atoms with Crippen LogP contribution in [-0.4, -0.2) is 24.6 Å². The molecular weight excluding hydrogens is 408 g/mol. The van der Waals surface area contributed by atoms with E-state index in [-0.39, 0.29) is 12.4 Å². The Kier molecular flexibility index (Phi) is 7.50. The van der Waals surface area contributed by atoms with Gasteiger partial charge in [0.15, 0.2) is 0 Å². The van der Waals surface area contributed by atoms with Crippen molar-refractivity contribution in [1.82, 2.24) is 0 Å². The normalized spacial score (nSPS) is 12.5. The van der Waals surface area contributed by atoms with Crippen molar-refractivity contribution in [2.45, 2.75) is 18.9 Å². The van der Waals surface area contributed by atoms with Gasteiger partial charge in [-0.2, -0.15) is 0 Å². The van der Waals surface area contributed by atoms with Gasteiger partial charge in [0, 0.05) is 13.0 Å². The molecular formula is C26H27ClN2O2. The Labute approximate surface area is 188 Å². The Hall–Kier alpha value is -3.08. The second-order valence-corrected chi connectivity index (χ2v) is 7.42. The first-order valence-electron chi connectivity index (χ1n) is 10.2. The molecule has 0 spiro atoms. The molecule has 0 saturated heterocycles. The van der Waals surface area contributed by atoms with E-state index in [1.54, 1.807) is 7.11 Å². The molecule has 3 N–H and O–H groups in total. The Bertz CT molecular complexity index is 1190. The first-order valence-corrected chi connectivity index (χ1v) is 10.2. The van der Waals surface area contributed by atoms with Crippen LogP contribution in [0.25, 0.3) is 21.5 Å². The number of aliphatic hydroxyl groups is 1. The molecule has 160 valence electrons. The van der Waals surface area contributed by atoms with E-state index in [4.69, 9.17) is 10.5 Å². The molecule has 0 saturated carbocycles. The third-order valence-corrected chi connectivity index (χ3v) is 5.44. The number of methoxy groups -OCH3 is 1. The van der Waals surface area contributed by atoms with Crippen LogP contribution in [0.3, 0.4) is 0 Å². The van der Waals surface area contributed by atoms with Gasteiger partial charge in [0.05, 0.1) is 19.0 Å². The molecule has 4 aromatic rings. The highest BCUT2D eigenvalue weighted by atomic mass is 35.5. The highest BCUT2D eigenvalue weighted by Gasteiger charge is 2.15. The third-order valence-electron chi connectivity index (χ3n) is 5.44. The van der Waals surface area contributed by atoms with Crippen LogP contribution in [0.1, 0.15) is 23.7 Å². The molecule has 0 aliphatic carbocycles. The van der Waals surface area contributed by atoms with Crippen molar-refractivity contribution in [3.05, 3.63) is 90.0 Å². The summed E-state index contributed by atoms with van der Waals surface area (Å²) in [5.41, 5.74) is 8.21. The van der Waals surface area contributed by atoms with Crippen LogP contribution in [0.5, 0.6) is 5.75 Å². The van der Waals surface area contributed by atoms with Crippen LogP contribution in [0.4, 0.5) is 0 Å². The molecule has 0 amide bonds. The van der Waals surface area contributed by atoms with Gasteiger partial charge in [-0.1, -0.05) is 60.7 Å². The van der Waals surface area contributed by atoms with Gasteiger partial charge in [-0.05, 0) is 57.3 Å². The predicted molar refractivity (Wildman–Crippen MR) is 131 cm³/mol. The first kappa shape index (κ1) is 22.6. The van der Waals surface area contributed by atoms with Gasteiger partial charge >= 0.3 is 0 Å². The highest BCUT2D eigenvalue weighted by molar-refractivity contribution is 6.09. The van der Waals surface area contributed by atoms with Gasteiger partial charge in [0.2, 0.25) is 0 Å². The van der Waals surface area contributed by atoms with E-state index in [0.29, 0.717) is 18.8 Å². The molecule has 0 aromatic heterocycles. The lowest BCUT2D eigenvalue weighted by Gasteiger charge is -2.16. The number of aliphatic hydroxyl groups excluding tert-OH is 1. The van der Waals surface area contributed by atoms with Crippen LogP contribution < -0.4 is 10.5 Å². The number of amidine groups is 1. The number of hydrogen-bond acceptors (Lipinski definition) is 3. The zero-order valence-electron chi connectivity index (χ0n) is 17.5. The van der Waals surface area contributed by atoms with Crippen molar-refractivity contribution >= 4 is 39.8 Å². The van der Waals surface area contributed by atoms with E-state index in [0.717, 1.165) is 33.9 Å². The molecule has 0 aliphatic rings. The maximum atomic E-state index is 10.9. The zero-order chi connectivity index (χ0) is 20.9. The Morgan fingerprint density at radius 1 is 0.935 bits per heavy atom. The predicted octanol–water partition coefficient (Wildman–Crippen LogP) is 5.45. The molecule has 0 heterocycles. The fraction of sp³-hybridized carbons (Fsp3) is 0.192. The lowest BCUT2D eigenvalue weighted by Crippen LogP contribution is -2.17. The minimum atomic E-state index is -0.704. The first-order chi connectivity index (χ1) is 14.7. The fourth-order valence-electron chi connectivity index (χ4n) is 3.85. The summed E-state index contributed by atoms with van der Waals surface area (Å²) in [6.07, 6.45) is 0.397. The van der Waals surface area contributed by atoms with Gasteiger partial charge in [-0.25, -0.2) is 0 Å². The average Bonchev–Trinajstić information content (AvgIpc) is 2.79. The van der Waals surface area contributed by atoms with Crippen LogP contribution >= 0.6 is 12.4 Å². The molecule has 0 bridgehead atoms. The summed E-state index contributed by atoms with van der Waals surface area (Å²) in [4.78, 5) is 4.47. The van der Waals surface area contributed by atoms with E-state index in [1.165, 1.54) is 10.9 Å².